The van der Waals surface area contributed by atoms with Gasteiger partial charge in [0.15, 0.2) is 5.96 Å². The van der Waals surface area contributed by atoms with Crippen LogP contribution in [0, 0.1) is 0 Å². The SMILES string of the molecule is CCOC1CC(N=C(N)N2CCCC2c2ccsc2)C1.I. The van der Waals surface area contributed by atoms with Crippen LogP contribution in [-0.2, 0) is 4.74 Å². The summed E-state index contributed by atoms with van der Waals surface area (Å²) in [5, 5.41) is 4.36. The van der Waals surface area contributed by atoms with E-state index in [0.29, 0.717) is 18.2 Å². The van der Waals surface area contributed by atoms with Crippen molar-refractivity contribution in [1.82, 2.24) is 4.90 Å². The van der Waals surface area contributed by atoms with Crippen molar-refractivity contribution in [3.8, 4) is 0 Å². The van der Waals surface area contributed by atoms with Gasteiger partial charge in [0, 0.05) is 13.2 Å². The number of ether oxygens (including phenoxy) is 1. The summed E-state index contributed by atoms with van der Waals surface area (Å²) in [6.45, 7) is 3.86. The smallest absolute Gasteiger partial charge is 0.192 e. The molecule has 0 aromatic carbocycles. The number of aliphatic imine (C=N–C) groups is 1. The van der Waals surface area contributed by atoms with E-state index >= 15 is 0 Å². The van der Waals surface area contributed by atoms with Crippen molar-refractivity contribution >= 4 is 41.3 Å². The minimum Gasteiger partial charge on any atom is -0.378 e. The maximum atomic E-state index is 6.24. The number of likely N-dealkylation sites (tertiary alicyclic amines) is 1. The third-order valence-corrected chi connectivity index (χ3v) is 4.96. The lowest BCUT2D eigenvalue weighted by atomic mass is 9.90. The molecule has 2 aliphatic rings. The number of hydrogen-bond donors (Lipinski definition) is 1. The highest BCUT2D eigenvalue weighted by Crippen LogP contribution is 2.33. The van der Waals surface area contributed by atoms with E-state index in [1.54, 1.807) is 11.3 Å². The molecule has 0 radical (unpaired) electrons. The molecule has 1 aliphatic heterocycles. The molecule has 2 N–H and O–H groups in total. The first-order valence-corrected chi connectivity index (χ1v) is 8.45. The van der Waals surface area contributed by atoms with Crippen LogP contribution in [0.5, 0.6) is 0 Å². The van der Waals surface area contributed by atoms with Crippen molar-refractivity contribution in [2.75, 3.05) is 13.2 Å². The molecule has 1 aliphatic carbocycles. The summed E-state index contributed by atoms with van der Waals surface area (Å²) in [5.74, 6) is 0.721. The predicted molar refractivity (Wildman–Crippen MR) is 98.5 cm³/mol. The maximum Gasteiger partial charge on any atom is 0.192 e. The van der Waals surface area contributed by atoms with Gasteiger partial charge in [0.05, 0.1) is 18.2 Å². The Morgan fingerprint density at radius 1 is 1.52 bits per heavy atom. The van der Waals surface area contributed by atoms with E-state index < -0.39 is 0 Å². The van der Waals surface area contributed by atoms with Crippen molar-refractivity contribution in [3.63, 3.8) is 0 Å². The monoisotopic (exact) mass is 421 g/mol. The Morgan fingerprint density at radius 3 is 3.00 bits per heavy atom. The number of hydrogen-bond acceptors (Lipinski definition) is 3. The standard InChI is InChI=1S/C15H23N3OS.HI/c1-2-19-13-8-12(9-13)17-15(16)18-6-3-4-14(18)11-5-7-20-10-11;/h5,7,10,12-14H,2-4,6,8-9H2,1H3,(H2,16,17);1H. The van der Waals surface area contributed by atoms with Crippen molar-refractivity contribution < 1.29 is 4.74 Å². The van der Waals surface area contributed by atoms with Gasteiger partial charge >= 0.3 is 0 Å². The first-order valence-electron chi connectivity index (χ1n) is 7.51. The Bertz CT molecular complexity index is 459. The van der Waals surface area contributed by atoms with E-state index in [2.05, 4.69) is 21.7 Å². The number of halogens is 1. The van der Waals surface area contributed by atoms with Crippen LogP contribution in [-0.4, -0.2) is 36.2 Å². The molecule has 1 aromatic heterocycles. The Kier molecular flexibility index (Phi) is 6.31. The van der Waals surface area contributed by atoms with Crippen LogP contribution in [0.2, 0.25) is 0 Å². The molecule has 1 aromatic rings. The number of thiophene rings is 1. The fourth-order valence-electron chi connectivity index (χ4n) is 3.13. The van der Waals surface area contributed by atoms with E-state index in [-0.39, 0.29) is 24.0 Å². The third-order valence-electron chi connectivity index (χ3n) is 4.26. The molecule has 0 amide bonds. The Labute approximate surface area is 147 Å². The van der Waals surface area contributed by atoms with Crippen LogP contribution < -0.4 is 5.73 Å². The van der Waals surface area contributed by atoms with Crippen LogP contribution in [0.3, 0.4) is 0 Å². The molecule has 2 fully saturated rings. The third kappa shape index (κ3) is 3.90. The van der Waals surface area contributed by atoms with Crippen LogP contribution >= 0.6 is 35.3 Å². The molecular formula is C15H24IN3OS. The van der Waals surface area contributed by atoms with E-state index in [1.165, 1.54) is 18.4 Å². The van der Waals surface area contributed by atoms with E-state index in [9.17, 15) is 0 Å². The molecule has 0 bridgehead atoms. The number of nitrogens with two attached hydrogens (primary N) is 1. The molecule has 21 heavy (non-hydrogen) atoms. The summed E-state index contributed by atoms with van der Waals surface area (Å²) in [6.07, 6.45) is 4.81. The second-order valence-corrected chi connectivity index (χ2v) is 6.38. The van der Waals surface area contributed by atoms with Gasteiger partial charge in [-0.15, -0.1) is 24.0 Å². The Morgan fingerprint density at radius 2 is 2.33 bits per heavy atom. The second kappa shape index (κ2) is 7.78. The normalized spacial score (nSPS) is 29.1. The minimum atomic E-state index is 0. The minimum absolute atomic E-state index is 0. The summed E-state index contributed by atoms with van der Waals surface area (Å²) in [5.41, 5.74) is 7.62. The first kappa shape index (κ1) is 17.0. The zero-order valence-corrected chi connectivity index (χ0v) is 15.6. The van der Waals surface area contributed by atoms with Gasteiger partial charge in [-0.25, -0.2) is 4.99 Å². The lowest BCUT2D eigenvalue weighted by Crippen LogP contribution is -2.41. The van der Waals surface area contributed by atoms with E-state index in [0.717, 1.165) is 32.0 Å². The topological polar surface area (TPSA) is 50.9 Å². The van der Waals surface area contributed by atoms with Crippen LogP contribution in [0.4, 0.5) is 0 Å². The molecule has 1 atom stereocenters. The van der Waals surface area contributed by atoms with Crippen LogP contribution in [0.1, 0.15) is 44.2 Å². The summed E-state index contributed by atoms with van der Waals surface area (Å²) < 4.78 is 5.57. The maximum absolute atomic E-state index is 6.24. The average Bonchev–Trinajstić information content (AvgIpc) is 3.06. The number of guanidine groups is 1. The highest BCUT2D eigenvalue weighted by atomic mass is 127. The molecule has 1 saturated carbocycles. The molecule has 0 spiro atoms. The van der Waals surface area contributed by atoms with E-state index in [1.807, 2.05) is 6.92 Å². The molecule has 4 nitrogen and oxygen atoms in total. The van der Waals surface area contributed by atoms with Gasteiger partial charge in [-0.05, 0) is 55.0 Å². The van der Waals surface area contributed by atoms with Gasteiger partial charge in [0.1, 0.15) is 0 Å². The van der Waals surface area contributed by atoms with Gasteiger partial charge < -0.3 is 15.4 Å². The van der Waals surface area contributed by atoms with Crippen molar-refractivity contribution in [2.45, 2.75) is 50.8 Å². The zero-order chi connectivity index (χ0) is 13.9. The molecule has 118 valence electrons. The zero-order valence-electron chi connectivity index (χ0n) is 12.4. The summed E-state index contributed by atoms with van der Waals surface area (Å²) >= 11 is 1.75. The fraction of sp³-hybridized carbons (Fsp3) is 0.667. The Hall–Kier alpha value is -0.340. The molecular weight excluding hydrogens is 397 g/mol. The fourth-order valence-corrected chi connectivity index (χ4v) is 3.84. The van der Waals surface area contributed by atoms with Gasteiger partial charge in [-0.3, -0.25) is 0 Å². The first-order chi connectivity index (χ1) is 9.78. The Balaban J connectivity index is 0.00000161. The van der Waals surface area contributed by atoms with E-state index in [4.69, 9.17) is 15.5 Å². The van der Waals surface area contributed by atoms with Crippen LogP contribution in [0.25, 0.3) is 0 Å². The van der Waals surface area contributed by atoms with Gasteiger partial charge in [0.2, 0.25) is 0 Å². The lowest BCUT2D eigenvalue weighted by Gasteiger charge is -2.34. The van der Waals surface area contributed by atoms with Gasteiger partial charge in [-0.2, -0.15) is 11.3 Å². The van der Waals surface area contributed by atoms with Crippen molar-refractivity contribution in [1.29, 1.82) is 0 Å². The summed E-state index contributed by atoms with van der Waals surface area (Å²) in [4.78, 5) is 6.97. The molecule has 1 saturated heterocycles. The van der Waals surface area contributed by atoms with Crippen LogP contribution in [0.15, 0.2) is 21.8 Å². The van der Waals surface area contributed by atoms with Gasteiger partial charge in [0.25, 0.3) is 0 Å². The lowest BCUT2D eigenvalue weighted by molar-refractivity contribution is -0.000965. The highest BCUT2D eigenvalue weighted by Gasteiger charge is 2.32. The molecule has 3 rings (SSSR count). The molecule has 1 unspecified atom stereocenters. The van der Waals surface area contributed by atoms with Crippen molar-refractivity contribution in [3.05, 3.63) is 22.4 Å². The predicted octanol–water partition coefficient (Wildman–Crippen LogP) is 3.39. The molecule has 2 heterocycles. The van der Waals surface area contributed by atoms with Crippen molar-refractivity contribution in [2.24, 2.45) is 10.7 Å². The second-order valence-electron chi connectivity index (χ2n) is 5.60. The largest absolute Gasteiger partial charge is 0.378 e. The summed E-state index contributed by atoms with van der Waals surface area (Å²) in [6, 6.07) is 2.98. The number of nitrogens with zero attached hydrogens (tertiary/aromatic N) is 2. The number of rotatable bonds is 4. The molecule has 6 heteroatoms. The quantitative estimate of drug-likeness (QED) is 0.461. The highest BCUT2D eigenvalue weighted by molar-refractivity contribution is 14.0. The summed E-state index contributed by atoms with van der Waals surface area (Å²) in [7, 11) is 0. The average molecular weight is 421 g/mol. The van der Waals surface area contributed by atoms with Gasteiger partial charge in [-0.1, -0.05) is 0 Å².